The molecule has 57 heavy (non-hydrogen) atoms. The molecule has 0 bridgehead atoms. The summed E-state index contributed by atoms with van der Waals surface area (Å²) in [4.78, 5) is 2.44. The van der Waals surface area contributed by atoms with Crippen LogP contribution in [0.1, 0.15) is 40.5 Å². The van der Waals surface area contributed by atoms with Crippen LogP contribution >= 0.6 is 0 Å². The number of fused-ring (bicyclic) bond motifs is 9. The molecule has 0 saturated heterocycles. The molecule has 0 aliphatic heterocycles. The van der Waals surface area contributed by atoms with E-state index >= 15 is 0 Å². The molecule has 2 aliphatic rings. The Morgan fingerprint density at radius 3 is 1.58 bits per heavy atom. The summed E-state index contributed by atoms with van der Waals surface area (Å²) in [6.07, 6.45) is 11.1. The van der Waals surface area contributed by atoms with E-state index in [1.54, 1.807) is 0 Å². The van der Waals surface area contributed by atoms with E-state index in [4.69, 9.17) is 0 Å². The van der Waals surface area contributed by atoms with Gasteiger partial charge in [-0.2, -0.15) is 0 Å². The van der Waals surface area contributed by atoms with Crippen molar-refractivity contribution in [2.24, 2.45) is 0 Å². The number of nitrogens with zero attached hydrogens (tertiary/aromatic N) is 1. The van der Waals surface area contributed by atoms with Gasteiger partial charge in [-0.15, -0.1) is 0 Å². The molecule has 0 N–H and O–H groups in total. The maximum absolute atomic E-state index is 2.47. The third-order valence-electron chi connectivity index (χ3n) is 12.4. The summed E-state index contributed by atoms with van der Waals surface area (Å²) in [5.41, 5.74) is 14.3. The molecule has 0 fully saturated rings. The number of rotatable bonds is 6. The third kappa shape index (κ3) is 5.69. The van der Waals surface area contributed by atoms with Gasteiger partial charge in [0.1, 0.15) is 0 Å². The number of benzene rings is 9. The monoisotopic (exact) mass is 727 g/mol. The number of anilines is 3. The van der Waals surface area contributed by atoms with Crippen molar-refractivity contribution in [2.75, 3.05) is 4.90 Å². The highest BCUT2D eigenvalue weighted by Crippen LogP contribution is 2.48. The molecule has 0 aromatic heterocycles. The first-order valence-corrected chi connectivity index (χ1v) is 20.2. The smallest absolute Gasteiger partial charge is 0.0468 e. The molecule has 9 aromatic rings. The van der Waals surface area contributed by atoms with Crippen LogP contribution in [0.5, 0.6) is 0 Å². The van der Waals surface area contributed by atoms with Crippen LogP contribution in [0.3, 0.4) is 0 Å². The van der Waals surface area contributed by atoms with Crippen LogP contribution in [0, 0.1) is 0 Å². The molecule has 11 rings (SSSR count). The second-order valence-electron chi connectivity index (χ2n) is 15.5. The Morgan fingerprint density at radius 2 is 0.895 bits per heavy atom. The first-order chi connectivity index (χ1) is 28.3. The summed E-state index contributed by atoms with van der Waals surface area (Å²) >= 11 is 0. The van der Waals surface area contributed by atoms with E-state index < -0.39 is 0 Å². The molecule has 270 valence electrons. The molecule has 0 spiro atoms. The summed E-state index contributed by atoms with van der Waals surface area (Å²) in [7, 11) is 0. The van der Waals surface area contributed by atoms with Crippen LogP contribution in [0.2, 0.25) is 0 Å². The van der Waals surface area contributed by atoms with E-state index in [2.05, 4.69) is 217 Å². The van der Waals surface area contributed by atoms with Crippen LogP contribution in [0.25, 0.3) is 54.6 Å². The maximum atomic E-state index is 2.47. The number of hydrogen-bond acceptors (Lipinski definition) is 1. The lowest BCUT2D eigenvalue weighted by molar-refractivity contribution is 0.794. The van der Waals surface area contributed by atoms with Crippen molar-refractivity contribution in [3.63, 3.8) is 0 Å². The van der Waals surface area contributed by atoms with E-state index in [0.29, 0.717) is 0 Å². The molecular weight excluding hydrogens is 687 g/mol. The average molecular weight is 728 g/mol. The molecule has 1 heteroatoms. The maximum Gasteiger partial charge on any atom is 0.0468 e. The fourth-order valence-electron chi connectivity index (χ4n) is 9.77. The largest absolute Gasteiger partial charge is 0.310 e. The zero-order chi connectivity index (χ0) is 37.7. The lowest BCUT2D eigenvalue weighted by Gasteiger charge is -2.31. The van der Waals surface area contributed by atoms with Crippen LogP contribution in [0.4, 0.5) is 17.1 Å². The van der Waals surface area contributed by atoms with Crippen LogP contribution < -0.4 is 4.90 Å². The van der Waals surface area contributed by atoms with E-state index in [9.17, 15) is 0 Å². The van der Waals surface area contributed by atoms with E-state index in [-0.39, 0.29) is 11.8 Å². The van der Waals surface area contributed by atoms with Crippen molar-refractivity contribution in [1.82, 2.24) is 0 Å². The van der Waals surface area contributed by atoms with E-state index in [1.807, 2.05) is 0 Å². The van der Waals surface area contributed by atoms with Gasteiger partial charge in [0.25, 0.3) is 0 Å². The Bertz CT molecular complexity index is 3010. The van der Waals surface area contributed by atoms with Gasteiger partial charge in [0.05, 0.1) is 0 Å². The molecule has 2 unspecified atom stereocenters. The highest BCUT2D eigenvalue weighted by atomic mass is 15.1. The molecule has 9 aromatic carbocycles. The zero-order valence-corrected chi connectivity index (χ0v) is 31.7. The van der Waals surface area contributed by atoms with Crippen molar-refractivity contribution in [1.29, 1.82) is 0 Å². The standard InChI is InChI=1S/C56H41N/c1-3-17-38(18-4-1)54-36-41(31-33-52(54)48-27-13-15-29-50(48)55-35-39-19-7-8-22-43(39)44-23-9-14-28-49(44)55)57(40-20-5-2-6-21-40)42-32-34-53-47-26-11-10-24-45(47)46-25-12-16-30-51(46)56(53)37-42/h1-17,19-34,36-38,55H,18,35H2. The molecule has 1 nitrogen and oxygen atoms in total. The second kappa shape index (κ2) is 14.0. The molecule has 2 aliphatic carbocycles. The molecule has 0 heterocycles. The third-order valence-corrected chi connectivity index (χ3v) is 12.4. The first kappa shape index (κ1) is 33.4. The van der Waals surface area contributed by atoms with Gasteiger partial charge in [-0.3, -0.25) is 0 Å². The van der Waals surface area contributed by atoms with Crippen molar-refractivity contribution >= 4 is 49.4 Å². The summed E-state index contributed by atoms with van der Waals surface area (Å²) in [5, 5.41) is 7.69. The Labute approximate surface area is 334 Å². The minimum absolute atomic E-state index is 0.252. The van der Waals surface area contributed by atoms with Gasteiger partial charge in [0, 0.05) is 28.9 Å². The predicted molar refractivity (Wildman–Crippen MR) is 242 cm³/mol. The summed E-state index contributed by atoms with van der Waals surface area (Å²) in [6, 6.07) is 70.0. The van der Waals surface area contributed by atoms with Gasteiger partial charge >= 0.3 is 0 Å². The van der Waals surface area contributed by atoms with E-state index in [0.717, 1.165) is 29.9 Å². The van der Waals surface area contributed by atoms with Crippen LogP contribution in [-0.2, 0) is 6.42 Å². The Kier molecular flexibility index (Phi) is 8.18. The van der Waals surface area contributed by atoms with Gasteiger partial charge in [-0.1, -0.05) is 176 Å². The number of allylic oxidation sites excluding steroid dienone is 4. The molecule has 0 radical (unpaired) electrons. The summed E-state index contributed by atoms with van der Waals surface area (Å²) in [5.74, 6) is 0.507. The minimum Gasteiger partial charge on any atom is -0.310 e. The van der Waals surface area contributed by atoms with E-state index in [1.165, 1.54) is 76.8 Å². The van der Waals surface area contributed by atoms with Crippen molar-refractivity contribution in [2.45, 2.75) is 24.7 Å². The average Bonchev–Trinajstić information content (AvgIpc) is 3.29. The van der Waals surface area contributed by atoms with Gasteiger partial charge in [0.2, 0.25) is 0 Å². The molecule has 0 saturated carbocycles. The Hall–Kier alpha value is -6.96. The highest BCUT2D eigenvalue weighted by molar-refractivity contribution is 6.25. The minimum atomic E-state index is 0.252. The normalized spacial score (nSPS) is 15.8. The number of para-hydroxylation sites is 1. The van der Waals surface area contributed by atoms with Crippen LogP contribution in [0.15, 0.2) is 212 Å². The van der Waals surface area contributed by atoms with Gasteiger partial charge in [-0.25, -0.2) is 0 Å². The number of hydrogen-bond donors (Lipinski definition) is 0. The summed E-state index contributed by atoms with van der Waals surface area (Å²) < 4.78 is 0. The predicted octanol–water partition coefficient (Wildman–Crippen LogP) is 15.2. The van der Waals surface area contributed by atoms with Crippen LogP contribution in [-0.4, -0.2) is 0 Å². The SMILES string of the molecule is C1=CCC(c2cc(N(c3ccccc3)c3ccc4c5ccccc5c5ccccc5c4c3)ccc2-c2ccccc2C2Cc3ccccc3-c3ccccc32)C=C1. The topological polar surface area (TPSA) is 3.24 Å². The first-order valence-electron chi connectivity index (χ1n) is 20.2. The lowest BCUT2D eigenvalue weighted by Crippen LogP contribution is -2.14. The second-order valence-corrected chi connectivity index (χ2v) is 15.5. The molecule has 0 amide bonds. The summed E-state index contributed by atoms with van der Waals surface area (Å²) in [6.45, 7) is 0. The molecular formula is C56H41N. The Balaban J connectivity index is 1.10. The zero-order valence-electron chi connectivity index (χ0n) is 31.7. The van der Waals surface area contributed by atoms with Gasteiger partial charge < -0.3 is 4.90 Å². The molecule has 2 atom stereocenters. The van der Waals surface area contributed by atoms with Crippen molar-refractivity contribution < 1.29 is 0 Å². The quantitative estimate of drug-likeness (QED) is 0.154. The van der Waals surface area contributed by atoms with Crippen molar-refractivity contribution in [3.8, 4) is 22.3 Å². The fraction of sp³-hybridized carbons (Fsp3) is 0.0714. The Morgan fingerprint density at radius 1 is 0.368 bits per heavy atom. The highest BCUT2D eigenvalue weighted by Gasteiger charge is 2.29. The lowest BCUT2D eigenvalue weighted by atomic mass is 9.73. The van der Waals surface area contributed by atoms with Crippen molar-refractivity contribution in [3.05, 3.63) is 235 Å². The van der Waals surface area contributed by atoms with Gasteiger partial charge in [-0.05, 0) is 126 Å². The van der Waals surface area contributed by atoms with Gasteiger partial charge in [0.15, 0.2) is 0 Å². The fourth-order valence-corrected chi connectivity index (χ4v) is 9.77.